The van der Waals surface area contributed by atoms with E-state index in [2.05, 4.69) is 23.1 Å². The maximum Gasteiger partial charge on any atom is 0.233 e. The highest BCUT2D eigenvalue weighted by Crippen LogP contribution is 2.64. The highest BCUT2D eigenvalue weighted by molar-refractivity contribution is 6.31. The van der Waals surface area contributed by atoms with Crippen LogP contribution in [0, 0.1) is 23.7 Å². The Balaban J connectivity index is 1.05. The van der Waals surface area contributed by atoms with Gasteiger partial charge in [0.2, 0.25) is 11.8 Å². The lowest BCUT2D eigenvalue weighted by Gasteiger charge is -2.55. The molecule has 61 heavy (non-hydrogen) atoms. The number of amides is 2. The van der Waals surface area contributed by atoms with Crippen LogP contribution in [-0.2, 0) is 37.7 Å². The van der Waals surface area contributed by atoms with Crippen LogP contribution >= 0.6 is 0 Å². The summed E-state index contributed by atoms with van der Waals surface area (Å²) in [5, 5.41) is 12.1. The third-order valence-corrected chi connectivity index (χ3v) is 14.1. The number of benzene rings is 5. The van der Waals surface area contributed by atoms with Crippen LogP contribution in [-0.4, -0.2) is 57.4 Å². The number of likely N-dealkylation sites (tertiary alicyclic amines) is 2. The number of hydrogen-bond donors (Lipinski definition) is 1. The predicted molar refractivity (Wildman–Crippen MR) is 232 cm³/mol. The maximum absolute atomic E-state index is 15.4. The summed E-state index contributed by atoms with van der Waals surface area (Å²) in [6.07, 6.45) is 5.51. The second kappa shape index (κ2) is 15.9. The third-order valence-electron chi connectivity index (χ3n) is 14.1. The summed E-state index contributed by atoms with van der Waals surface area (Å²) >= 11 is 0. The van der Waals surface area contributed by atoms with Crippen LogP contribution < -0.4 is 4.74 Å². The molecular formula is C53H48N2O6. The van der Waals surface area contributed by atoms with Crippen molar-refractivity contribution >= 4 is 29.0 Å². The molecule has 3 aliphatic carbocycles. The van der Waals surface area contributed by atoms with E-state index in [0.717, 1.165) is 30.8 Å². The minimum Gasteiger partial charge on any atom is -0.508 e. The van der Waals surface area contributed by atoms with Gasteiger partial charge in [0.15, 0.2) is 11.6 Å². The van der Waals surface area contributed by atoms with E-state index >= 15 is 9.59 Å². The van der Waals surface area contributed by atoms with Gasteiger partial charge in [-0.25, -0.2) is 0 Å². The number of aromatic hydroxyl groups is 1. The Morgan fingerprint density at radius 1 is 0.705 bits per heavy atom. The minimum atomic E-state index is -1.44. The van der Waals surface area contributed by atoms with Gasteiger partial charge >= 0.3 is 0 Å². The molecule has 6 unspecified atom stereocenters. The summed E-state index contributed by atoms with van der Waals surface area (Å²) in [4.78, 5) is 64.2. The number of piperidine rings is 1. The summed E-state index contributed by atoms with van der Waals surface area (Å²) < 4.78 is 6.13. The molecule has 2 aliphatic heterocycles. The van der Waals surface area contributed by atoms with Crippen molar-refractivity contribution < 1.29 is 29.0 Å². The first-order valence-electron chi connectivity index (χ1n) is 21.6. The van der Waals surface area contributed by atoms with Crippen LogP contribution in [0.5, 0.6) is 11.5 Å². The average Bonchev–Trinajstić information content (AvgIpc) is 3.56. The molecule has 0 bridgehead atoms. The zero-order valence-corrected chi connectivity index (χ0v) is 33.9. The van der Waals surface area contributed by atoms with Crippen LogP contribution in [0.3, 0.4) is 0 Å². The highest BCUT2D eigenvalue weighted by Gasteiger charge is 2.66. The van der Waals surface area contributed by atoms with Gasteiger partial charge in [0.1, 0.15) is 18.1 Å². The summed E-state index contributed by atoms with van der Waals surface area (Å²) in [5.41, 5.74) is 3.75. The molecule has 0 aromatic heterocycles. The zero-order chi connectivity index (χ0) is 41.7. The second-order valence-electron chi connectivity index (χ2n) is 17.3. The fourth-order valence-electron chi connectivity index (χ4n) is 11.4. The van der Waals surface area contributed by atoms with Crippen LogP contribution in [0.25, 0.3) is 5.57 Å². The first-order valence-corrected chi connectivity index (χ1v) is 21.6. The fraction of sp³-hybridized carbons (Fsp3) is 0.283. The first-order chi connectivity index (χ1) is 29.8. The number of ether oxygens (including phenoxy) is 1. The van der Waals surface area contributed by atoms with Crippen molar-refractivity contribution in [1.29, 1.82) is 0 Å². The molecule has 5 aromatic rings. The fourth-order valence-corrected chi connectivity index (χ4v) is 11.4. The molecular weight excluding hydrogens is 761 g/mol. The number of carbonyl (C=O) groups is 4. The van der Waals surface area contributed by atoms with E-state index in [1.807, 2.05) is 115 Å². The van der Waals surface area contributed by atoms with E-state index in [4.69, 9.17) is 4.74 Å². The van der Waals surface area contributed by atoms with Crippen LogP contribution in [0.4, 0.5) is 0 Å². The van der Waals surface area contributed by atoms with Gasteiger partial charge in [0.25, 0.3) is 0 Å². The molecule has 10 rings (SSSR count). The smallest absolute Gasteiger partial charge is 0.233 e. The van der Waals surface area contributed by atoms with Crippen LogP contribution in [0.2, 0.25) is 0 Å². The normalized spacial score (nSPS) is 26.6. The summed E-state index contributed by atoms with van der Waals surface area (Å²) in [6, 6.07) is 43.8. The number of allylic oxidation sites excluding steroid dienone is 4. The van der Waals surface area contributed by atoms with Crippen LogP contribution in [0.15, 0.2) is 157 Å². The molecule has 1 saturated carbocycles. The third kappa shape index (κ3) is 6.65. The average molecular weight is 809 g/mol. The van der Waals surface area contributed by atoms with E-state index < -0.39 is 35.0 Å². The molecule has 6 atom stereocenters. The van der Waals surface area contributed by atoms with E-state index in [1.165, 1.54) is 11.6 Å². The van der Waals surface area contributed by atoms with Crippen molar-refractivity contribution in [2.75, 3.05) is 13.1 Å². The zero-order valence-electron chi connectivity index (χ0n) is 33.9. The van der Waals surface area contributed by atoms with Crippen molar-refractivity contribution in [3.8, 4) is 11.5 Å². The number of ketones is 2. The number of phenols is 1. The van der Waals surface area contributed by atoms with E-state index in [-0.39, 0.29) is 41.6 Å². The molecule has 1 N–H and O–H groups in total. The largest absolute Gasteiger partial charge is 0.508 e. The number of phenolic OH excluding ortho intramolecular Hbond substituents is 1. The molecule has 2 heterocycles. The maximum atomic E-state index is 15.4. The standard InChI is InChI=1S/C53H48N2O6/c56-46-29-39(61-33-35-15-7-2-8-16-35)21-22-41(46)49-40-23-24-42-48(52(60)55(51(42)59)38-25-27-54(28-26-38)32-34-13-5-1-6-14-34)44(40)30-45-50(58)43(36-17-9-3-10-18-36)31-47(57)53(45,49)37-19-11-4-12-20-37/h1-23,29,31,38,42,44-45,48-49,56H,24-28,30,32-33H2. The van der Waals surface area contributed by atoms with E-state index in [0.29, 0.717) is 53.9 Å². The summed E-state index contributed by atoms with van der Waals surface area (Å²) in [7, 11) is 0. The van der Waals surface area contributed by atoms with Gasteiger partial charge < -0.3 is 9.84 Å². The number of imide groups is 1. The van der Waals surface area contributed by atoms with Gasteiger partial charge in [0.05, 0.1) is 17.3 Å². The molecule has 2 amide bonds. The number of Topliss-reactive ketones (excluding diaryl/α,β-unsaturated/α-hetero) is 1. The monoisotopic (exact) mass is 808 g/mol. The molecule has 2 saturated heterocycles. The molecule has 0 spiro atoms. The molecule has 8 heteroatoms. The Morgan fingerprint density at radius 2 is 1.34 bits per heavy atom. The number of nitrogens with zero attached hydrogens (tertiary/aromatic N) is 2. The molecule has 5 aromatic carbocycles. The molecule has 3 fully saturated rings. The SMILES string of the molecule is O=C1C(c2ccccc2)=CC(=O)C2(c3ccccc3)C1CC1C(=CCC3C(=O)N(C4CCN(Cc5ccccc5)CC4)C(=O)C31)C2c1ccc(OCc2ccccc2)cc1O. The molecule has 5 aliphatic rings. The summed E-state index contributed by atoms with van der Waals surface area (Å²) in [6.45, 7) is 2.67. The molecule has 0 radical (unpaired) electrons. The highest BCUT2D eigenvalue weighted by atomic mass is 16.5. The Kier molecular flexibility index (Phi) is 10.1. The Labute approximate surface area is 356 Å². The lowest BCUT2D eigenvalue weighted by Crippen LogP contribution is -2.58. The quantitative estimate of drug-likeness (QED) is 0.118. The van der Waals surface area contributed by atoms with Gasteiger partial charge in [-0.1, -0.05) is 139 Å². The lowest BCUT2D eigenvalue weighted by molar-refractivity contribution is -0.144. The van der Waals surface area contributed by atoms with Crippen molar-refractivity contribution in [3.63, 3.8) is 0 Å². The second-order valence-corrected chi connectivity index (χ2v) is 17.3. The van der Waals surface area contributed by atoms with Gasteiger partial charge in [-0.15, -0.1) is 0 Å². The van der Waals surface area contributed by atoms with Gasteiger partial charge in [-0.2, -0.15) is 0 Å². The number of fused-ring (bicyclic) bond motifs is 4. The number of carbonyl (C=O) groups excluding carboxylic acids is 4. The number of rotatable bonds is 9. The first kappa shape index (κ1) is 38.8. The van der Waals surface area contributed by atoms with Gasteiger partial charge in [-0.3, -0.25) is 29.0 Å². The minimum absolute atomic E-state index is 0.0657. The molecule has 306 valence electrons. The lowest BCUT2D eigenvalue weighted by atomic mass is 9.44. The van der Waals surface area contributed by atoms with E-state index in [9.17, 15) is 14.7 Å². The Bertz CT molecular complexity index is 2550. The summed E-state index contributed by atoms with van der Waals surface area (Å²) in [5.74, 6) is -3.79. The van der Waals surface area contributed by atoms with Gasteiger partial charge in [0, 0.05) is 54.7 Å². The Morgan fingerprint density at radius 3 is 2.02 bits per heavy atom. The van der Waals surface area contributed by atoms with E-state index in [1.54, 1.807) is 17.0 Å². The van der Waals surface area contributed by atoms with Crippen LogP contribution in [0.1, 0.15) is 59.4 Å². The van der Waals surface area contributed by atoms with Gasteiger partial charge in [-0.05, 0) is 66.0 Å². The van der Waals surface area contributed by atoms with Crippen molar-refractivity contribution in [2.24, 2.45) is 23.7 Å². The van der Waals surface area contributed by atoms with Crippen molar-refractivity contribution in [3.05, 3.63) is 185 Å². The number of hydrogen-bond acceptors (Lipinski definition) is 7. The topological polar surface area (TPSA) is 104 Å². The Hall–Kier alpha value is -6.38. The predicted octanol–water partition coefficient (Wildman–Crippen LogP) is 8.46. The van der Waals surface area contributed by atoms with Crippen molar-refractivity contribution in [1.82, 2.24) is 9.80 Å². The molecule has 8 nitrogen and oxygen atoms in total. The van der Waals surface area contributed by atoms with Crippen molar-refractivity contribution in [2.45, 2.75) is 56.2 Å².